The second-order valence-corrected chi connectivity index (χ2v) is 3.99. The molecule has 1 rings (SSSR count). The quantitative estimate of drug-likeness (QED) is 0.750. The average Bonchev–Trinajstić information content (AvgIpc) is 2.28. The fourth-order valence-corrected chi connectivity index (χ4v) is 1.59. The van der Waals surface area contributed by atoms with Gasteiger partial charge in [0.1, 0.15) is 5.75 Å². The molecular formula is C13H19NO2. The van der Waals surface area contributed by atoms with Gasteiger partial charge in [0, 0.05) is 12.5 Å². The molecule has 2 N–H and O–H groups in total. The van der Waals surface area contributed by atoms with Gasteiger partial charge in [-0.15, -0.1) is 0 Å². The maximum absolute atomic E-state index is 11.9. The van der Waals surface area contributed by atoms with E-state index in [1.54, 1.807) is 19.2 Å². The molecule has 0 fully saturated rings. The predicted molar refractivity (Wildman–Crippen MR) is 64.8 cm³/mol. The number of ketones is 1. The van der Waals surface area contributed by atoms with Gasteiger partial charge in [0.15, 0.2) is 5.78 Å². The lowest BCUT2D eigenvalue weighted by Crippen LogP contribution is -2.14. The van der Waals surface area contributed by atoms with Gasteiger partial charge >= 0.3 is 0 Å². The number of carbonyl (C=O) groups excluding carboxylic acids is 1. The van der Waals surface area contributed by atoms with Crippen molar-refractivity contribution >= 4 is 5.78 Å². The number of nitrogens with two attached hydrogens (primary N) is 1. The molecule has 0 bridgehead atoms. The Labute approximate surface area is 96.6 Å². The van der Waals surface area contributed by atoms with Crippen LogP contribution in [0.15, 0.2) is 24.3 Å². The number of carbonyl (C=O) groups is 1. The van der Waals surface area contributed by atoms with Crippen molar-refractivity contribution in [2.75, 3.05) is 7.11 Å². The van der Waals surface area contributed by atoms with E-state index < -0.39 is 0 Å². The maximum Gasteiger partial charge on any atom is 0.166 e. The molecule has 0 aliphatic rings. The van der Waals surface area contributed by atoms with Crippen molar-refractivity contribution in [3.05, 3.63) is 29.8 Å². The van der Waals surface area contributed by atoms with Crippen LogP contribution in [0.3, 0.4) is 0 Å². The molecular weight excluding hydrogens is 202 g/mol. The van der Waals surface area contributed by atoms with Crippen LogP contribution in [-0.2, 0) is 0 Å². The number of para-hydroxylation sites is 1. The van der Waals surface area contributed by atoms with Gasteiger partial charge in [-0.25, -0.2) is 0 Å². The lowest BCUT2D eigenvalue weighted by molar-refractivity contribution is 0.0976. The molecule has 0 saturated carbocycles. The van der Waals surface area contributed by atoms with Crippen LogP contribution in [0, 0.1) is 0 Å². The van der Waals surface area contributed by atoms with Crippen LogP contribution in [0.2, 0.25) is 0 Å². The summed E-state index contributed by atoms with van der Waals surface area (Å²) in [5.74, 6) is 0.770. The lowest BCUT2D eigenvalue weighted by atomic mass is 10.0. The van der Waals surface area contributed by atoms with E-state index in [-0.39, 0.29) is 11.8 Å². The van der Waals surface area contributed by atoms with E-state index in [0.717, 1.165) is 12.8 Å². The predicted octanol–water partition coefficient (Wildman–Crippen LogP) is 2.40. The van der Waals surface area contributed by atoms with Gasteiger partial charge in [-0.3, -0.25) is 4.79 Å². The van der Waals surface area contributed by atoms with Gasteiger partial charge in [0.2, 0.25) is 0 Å². The van der Waals surface area contributed by atoms with Gasteiger partial charge < -0.3 is 10.5 Å². The number of benzene rings is 1. The molecule has 3 heteroatoms. The maximum atomic E-state index is 11.9. The Balaban J connectivity index is 2.59. The summed E-state index contributed by atoms with van der Waals surface area (Å²) < 4.78 is 5.15. The van der Waals surface area contributed by atoms with Crippen molar-refractivity contribution in [2.45, 2.75) is 32.2 Å². The van der Waals surface area contributed by atoms with Crippen molar-refractivity contribution in [1.82, 2.24) is 0 Å². The molecule has 0 heterocycles. The molecule has 0 aliphatic heterocycles. The van der Waals surface area contributed by atoms with Gasteiger partial charge in [-0.2, -0.15) is 0 Å². The van der Waals surface area contributed by atoms with Gasteiger partial charge in [0.25, 0.3) is 0 Å². The van der Waals surface area contributed by atoms with E-state index in [1.807, 2.05) is 19.1 Å². The Hall–Kier alpha value is -1.35. The monoisotopic (exact) mass is 221 g/mol. The van der Waals surface area contributed by atoms with Crippen molar-refractivity contribution < 1.29 is 9.53 Å². The third kappa shape index (κ3) is 3.66. The van der Waals surface area contributed by atoms with Crippen molar-refractivity contribution in [2.24, 2.45) is 5.73 Å². The summed E-state index contributed by atoms with van der Waals surface area (Å²) in [7, 11) is 1.58. The summed E-state index contributed by atoms with van der Waals surface area (Å²) in [6, 6.07) is 7.47. The number of hydrogen-bond acceptors (Lipinski definition) is 3. The molecule has 0 amide bonds. The molecule has 1 atom stereocenters. The Bertz CT molecular complexity index is 348. The summed E-state index contributed by atoms with van der Waals surface area (Å²) >= 11 is 0. The zero-order valence-corrected chi connectivity index (χ0v) is 9.90. The molecule has 0 aliphatic carbocycles. The Kier molecular flexibility index (Phi) is 4.99. The number of Topliss-reactive ketones (excluding diaryl/α,β-unsaturated/α-hetero) is 1. The Morgan fingerprint density at radius 3 is 2.75 bits per heavy atom. The SMILES string of the molecule is COc1ccccc1C(=O)CCCC(C)N. The number of ether oxygens (including phenoxy) is 1. The molecule has 0 radical (unpaired) electrons. The normalized spacial score (nSPS) is 12.2. The third-order valence-electron chi connectivity index (χ3n) is 2.47. The number of hydrogen-bond donors (Lipinski definition) is 1. The second-order valence-electron chi connectivity index (χ2n) is 3.99. The van der Waals surface area contributed by atoms with Crippen LogP contribution < -0.4 is 10.5 Å². The van der Waals surface area contributed by atoms with E-state index in [2.05, 4.69) is 0 Å². The van der Waals surface area contributed by atoms with E-state index in [4.69, 9.17) is 10.5 Å². The first-order chi connectivity index (χ1) is 7.65. The highest BCUT2D eigenvalue weighted by Crippen LogP contribution is 2.19. The minimum atomic E-state index is 0.123. The minimum Gasteiger partial charge on any atom is -0.496 e. The topological polar surface area (TPSA) is 52.3 Å². The summed E-state index contributed by atoms with van der Waals surface area (Å²) in [5.41, 5.74) is 6.30. The largest absolute Gasteiger partial charge is 0.496 e. The smallest absolute Gasteiger partial charge is 0.166 e. The van der Waals surface area contributed by atoms with Crippen molar-refractivity contribution in [3.63, 3.8) is 0 Å². The second kappa shape index (κ2) is 6.28. The van der Waals surface area contributed by atoms with Crippen LogP contribution in [0.1, 0.15) is 36.5 Å². The summed E-state index contributed by atoms with van der Waals surface area (Å²) in [6.07, 6.45) is 2.23. The van der Waals surface area contributed by atoms with Gasteiger partial charge in [-0.1, -0.05) is 12.1 Å². The Morgan fingerprint density at radius 2 is 2.12 bits per heavy atom. The summed E-state index contributed by atoms with van der Waals surface area (Å²) in [5, 5.41) is 0. The first kappa shape index (κ1) is 12.7. The first-order valence-corrected chi connectivity index (χ1v) is 5.57. The van der Waals surface area contributed by atoms with E-state index in [0.29, 0.717) is 17.7 Å². The van der Waals surface area contributed by atoms with E-state index in [9.17, 15) is 4.79 Å². The van der Waals surface area contributed by atoms with Crippen molar-refractivity contribution in [1.29, 1.82) is 0 Å². The molecule has 0 saturated heterocycles. The fraction of sp³-hybridized carbons (Fsp3) is 0.462. The zero-order valence-electron chi connectivity index (χ0n) is 9.90. The number of methoxy groups -OCH3 is 1. The highest BCUT2D eigenvalue weighted by atomic mass is 16.5. The molecule has 0 aromatic heterocycles. The molecule has 16 heavy (non-hydrogen) atoms. The van der Waals surface area contributed by atoms with Gasteiger partial charge in [-0.05, 0) is 31.9 Å². The first-order valence-electron chi connectivity index (χ1n) is 5.57. The molecule has 88 valence electrons. The van der Waals surface area contributed by atoms with Crippen LogP contribution in [0.25, 0.3) is 0 Å². The molecule has 3 nitrogen and oxygen atoms in total. The van der Waals surface area contributed by atoms with Crippen molar-refractivity contribution in [3.8, 4) is 5.75 Å². The van der Waals surface area contributed by atoms with E-state index >= 15 is 0 Å². The zero-order chi connectivity index (χ0) is 12.0. The average molecular weight is 221 g/mol. The van der Waals surface area contributed by atoms with Crippen LogP contribution in [0.4, 0.5) is 0 Å². The molecule has 0 spiro atoms. The third-order valence-corrected chi connectivity index (χ3v) is 2.47. The number of rotatable bonds is 6. The van der Waals surface area contributed by atoms with Crippen LogP contribution in [0.5, 0.6) is 5.75 Å². The van der Waals surface area contributed by atoms with Crippen LogP contribution in [-0.4, -0.2) is 18.9 Å². The molecule has 1 aromatic carbocycles. The van der Waals surface area contributed by atoms with Crippen LogP contribution >= 0.6 is 0 Å². The fourth-order valence-electron chi connectivity index (χ4n) is 1.59. The highest BCUT2D eigenvalue weighted by Gasteiger charge is 2.10. The Morgan fingerprint density at radius 1 is 1.44 bits per heavy atom. The molecule has 1 unspecified atom stereocenters. The lowest BCUT2D eigenvalue weighted by Gasteiger charge is -2.07. The van der Waals surface area contributed by atoms with Gasteiger partial charge in [0.05, 0.1) is 12.7 Å². The standard InChI is InChI=1S/C13H19NO2/c1-10(14)6-5-8-12(15)11-7-3-4-9-13(11)16-2/h3-4,7,9-10H,5-6,8,14H2,1-2H3. The van der Waals surface area contributed by atoms with E-state index in [1.165, 1.54) is 0 Å². The highest BCUT2D eigenvalue weighted by molar-refractivity contribution is 5.98. The molecule has 1 aromatic rings. The summed E-state index contributed by atoms with van der Waals surface area (Å²) in [4.78, 5) is 11.9. The minimum absolute atomic E-state index is 0.123. The summed E-state index contributed by atoms with van der Waals surface area (Å²) in [6.45, 7) is 1.95.